The molecule has 0 saturated heterocycles. The molecule has 1 aromatic heterocycles. The number of aromatic nitrogens is 1. The van der Waals surface area contributed by atoms with Crippen molar-refractivity contribution in [1.82, 2.24) is 5.16 Å². The Morgan fingerprint density at radius 3 is 2.64 bits per heavy atom. The Labute approximate surface area is 147 Å². The van der Waals surface area contributed by atoms with Crippen LogP contribution in [0, 0.1) is 13.8 Å². The van der Waals surface area contributed by atoms with Gasteiger partial charge in [0.1, 0.15) is 11.3 Å². The second-order valence-corrected chi connectivity index (χ2v) is 6.23. The van der Waals surface area contributed by atoms with E-state index in [0.717, 1.165) is 16.8 Å². The van der Waals surface area contributed by atoms with Gasteiger partial charge < -0.3 is 14.6 Å². The minimum atomic E-state index is -0.598. The Hall–Kier alpha value is -2.63. The van der Waals surface area contributed by atoms with Gasteiger partial charge in [0.15, 0.2) is 6.61 Å². The third kappa shape index (κ3) is 4.26. The summed E-state index contributed by atoms with van der Waals surface area (Å²) in [5, 5.41) is 6.67. The van der Waals surface area contributed by atoms with Gasteiger partial charge in [-0.3, -0.25) is 4.79 Å². The van der Waals surface area contributed by atoms with Crippen LogP contribution in [0.1, 0.15) is 59.6 Å². The number of para-hydroxylation sites is 1. The second-order valence-electron chi connectivity index (χ2n) is 6.23. The predicted molar refractivity (Wildman–Crippen MR) is 94.8 cm³/mol. The molecule has 0 aliphatic rings. The van der Waals surface area contributed by atoms with Crippen molar-refractivity contribution in [3.63, 3.8) is 0 Å². The van der Waals surface area contributed by atoms with Gasteiger partial charge in [0.25, 0.3) is 5.91 Å². The highest BCUT2D eigenvalue weighted by Gasteiger charge is 2.21. The third-order valence-electron chi connectivity index (χ3n) is 4.00. The molecular weight excluding hydrogens is 320 g/mol. The summed E-state index contributed by atoms with van der Waals surface area (Å²) in [6, 6.07) is 5.87. The molecule has 6 heteroatoms. The number of esters is 1. The van der Waals surface area contributed by atoms with Crippen molar-refractivity contribution in [3.8, 4) is 0 Å². The number of carbonyl (C=O) groups is 2. The van der Waals surface area contributed by atoms with Crippen LogP contribution in [0.5, 0.6) is 0 Å². The van der Waals surface area contributed by atoms with Gasteiger partial charge in [0.05, 0.1) is 5.69 Å². The first-order valence-corrected chi connectivity index (χ1v) is 8.36. The maximum absolute atomic E-state index is 12.2. The van der Waals surface area contributed by atoms with Gasteiger partial charge >= 0.3 is 5.97 Å². The molecule has 1 heterocycles. The van der Waals surface area contributed by atoms with E-state index in [1.807, 2.05) is 32.0 Å². The number of nitrogens with one attached hydrogen (secondary N) is 1. The molecule has 2 aromatic rings. The van der Waals surface area contributed by atoms with Crippen LogP contribution >= 0.6 is 0 Å². The van der Waals surface area contributed by atoms with Crippen molar-refractivity contribution in [2.24, 2.45) is 0 Å². The maximum Gasteiger partial charge on any atom is 0.344 e. The number of anilines is 1. The molecule has 0 atom stereocenters. The molecular formula is C19H24N2O4. The average Bonchev–Trinajstić information content (AvgIpc) is 2.95. The van der Waals surface area contributed by atoms with E-state index < -0.39 is 5.97 Å². The lowest BCUT2D eigenvalue weighted by Gasteiger charge is -2.16. The van der Waals surface area contributed by atoms with Gasteiger partial charge in [-0.05, 0) is 37.3 Å². The molecule has 0 bridgehead atoms. The van der Waals surface area contributed by atoms with Crippen molar-refractivity contribution >= 4 is 17.6 Å². The van der Waals surface area contributed by atoms with Crippen molar-refractivity contribution in [2.45, 2.75) is 47.0 Å². The quantitative estimate of drug-likeness (QED) is 0.807. The summed E-state index contributed by atoms with van der Waals surface area (Å²) in [6.07, 6.45) is 0.551. The molecule has 0 radical (unpaired) electrons. The molecule has 2 rings (SSSR count). The van der Waals surface area contributed by atoms with E-state index in [1.165, 1.54) is 0 Å². The Kier molecular flexibility index (Phi) is 5.96. The van der Waals surface area contributed by atoms with Crippen LogP contribution in [0.2, 0.25) is 0 Å². The van der Waals surface area contributed by atoms with E-state index in [4.69, 9.17) is 9.26 Å². The minimum Gasteiger partial charge on any atom is -0.452 e. The van der Waals surface area contributed by atoms with Crippen LogP contribution in [0.25, 0.3) is 0 Å². The Morgan fingerprint density at radius 2 is 2.00 bits per heavy atom. The molecule has 6 nitrogen and oxygen atoms in total. The highest BCUT2D eigenvalue weighted by atomic mass is 16.5. The molecule has 1 N–H and O–H groups in total. The lowest BCUT2D eigenvalue weighted by atomic mass is 9.98. The fraction of sp³-hybridized carbons (Fsp3) is 0.421. The number of benzene rings is 1. The smallest absolute Gasteiger partial charge is 0.344 e. The van der Waals surface area contributed by atoms with Crippen LogP contribution < -0.4 is 5.32 Å². The van der Waals surface area contributed by atoms with Crippen LogP contribution in [0.4, 0.5) is 5.69 Å². The van der Waals surface area contributed by atoms with Crippen molar-refractivity contribution in [3.05, 3.63) is 46.3 Å². The SMILES string of the molecule is CCc1noc(C)c1C(=O)OCC(=O)Nc1c(C)cccc1C(C)C. The molecule has 0 aliphatic heterocycles. The van der Waals surface area contributed by atoms with Gasteiger partial charge in [-0.2, -0.15) is 0 Å². The highest BCUT2D eigenvalue weighted by molar-refractivity contribution is 5.97. The van der Waals surface area contributed by atoms with Crippen LogP contribution in [0.3, 0.4) is 0 Å². The van der Waals surface area contributed by atoms with E-state index in [9.17, 15) is 9.59 Å². The number of amides is 1. The summed E-state index contributed by atoms with van der Waals surface area (Å²) < 4.78 is 10.1. The molecule has 0 aliphatic carbocycles. The lowest BCUT2D eigenvalue weighted by molar-refractivity contribution is -0.119. The molecule has 25 heavy (non-hydrogen) atoms. The van der Waals surface area contributed by atoms with Crippen molar-refractivity contribution in [1.29, 1.82) is 0 Å². The normalized spacial score (nSPS) is 10.8. The molecule has 0 unspecified atom stereocenters. The van der Waals surface area contributed by atoms with E-state index in [2.05, 4.69) is 24.3 Å². The molecule has 134 valence electrons. The third-order valence-corrected chi connectivity index (χ3v) is 4.00. The highest BCUT2D eigenvalue weighted by Crippen LogP contribution is 2.27. The van der Waals surface area contributed by atoms with Crippen LogP contribution in [-0.4, -0.2) is 23.6 Å². The zero-order valence-corrected chi connectivity index (χ0v) is 15.3. The fourth-order valence-corrected chi connectivity index (χ4v) is 2.64. The number of rotatable bonds is 6. The largest absolute Gasteiger partial charge is 0.452 e. The summed E-state index contributed by atoms with van der Waals surface area (Å²) in [4.78, 5) is 24.4. The number of carbonyl (C=O) groups excluding carboxylic acids is 2. The Morgan fingerprint density at radius 1 is 1.28 bits per heavy atom. The zero-order chi connectivity index (χ0) is 18.6. The zero-order valence-electron chi connectivity index (χ0n) is 15.3. The van der Waals surface area contributed by atoms with E-state index in [-0.39, 0.29) is 18.4 Å². The summed E-state index contributed by atoms with van der Waals surface area (Å²) >= 11 is 0. The van der Waals surface area contributed by atoms with Gasteiger partial charge in [-0.15, -0.1) is 0 Å². The Balaban J connectivity index is 2.05. The van der Waals surface area contributed by atoms with Crippen LogP contribution in [-0.2, 0) is 16.0 Å². The monoisotopic (exact) mass is 344 g/mol. The van der Waals surface area contributed by atoms with Crippen LogP contribution in [0.15, 0.2) is 22.7 Å². The van der Waals surface area contributed by atoms with Crippen molar-refractivity contribution in [2.75, 3.05) is 11.9 Å². The summed E-state index contributed by atoms with van der Waals surface area (Å²) in [7, 11) is 0. The molecule has 1 aromatic carbocycles. The number of nitrogens with zero attached hydrogens (tertiary/aromatic N) is 1. The van der Waals surface area contributed by atoms with Crippen molar-refractivity contribution < 1.29 is 18.8 Å². The number of hydrogen-bond donors (Lipinski definition) is 1. The fourth-order valence-electron chi connectivity index (χ4n) is 2.64. The number of aryl methyl sites for hydroxylation is 3. The Bertz CT molecular complexity index is 778. The first kappa shape index (κ1) is 18.7. The number of ether oxygens (including phenoxy) is 1. The summed E-state index contributed by atoms with van der Waals surface area (Å²) in [6.45, 7) is 9.20. The van der Waals surface area contributed by atoms with Gasteiger partial charge in [0, 0.05) is 5.69 Å². The van der Waals surface area contributed by atoms with E-state index >= 15 is 0 Å². The second kappa shape index (κ2) is 7.96. The van der Waals surface area contributed by atoms with E-state index in [1.54, 1.807) is 6.92 Å². The molecule has 0 saturated carbocycles. The van der Waals surface area contributed by atoms with E-state index in [0.29, 0.717) is 23.4 Å². The average molecular weight is 344 g/mol. The maximum atomic E-state index is 12.2. The topological polar surface area (TPSA) is 81.4 Å². The first-order chi connectivity index (χ1) is 11.8. The molecule has 0 spiro atoms. The number of hydrogen-bond acceptors (Lipinski definition) is 5. The lowest BCUT2D eigenvalue weighted by Crippen LogP contribution is -2.22. The molecule has 1 amide bonds. The van der Waals surface area contributed by atoms with Gasteiger partial charge in [-0.25, -0.2) is 4.79 Å². The molecule has 0 fully saturated rings. The predicted octanol–water partition coefficient (Wildman–Crippen LogP) is 3.77. The van der Waals surface area contributed by atoms with Gasteiger partial charge in [0.2, 0.25) is 0 Å². The summed E-state index contributed by atoms with van der Waals surface area (Å²) in [5.41, 5.74) is 3.61. The van der Waals surface area contributed by atoms with Gasteiger partial charge in [-0.1, -0.05) is 44.1 Å². The summed E-state index contributed by atoms with van der Waals surface area (Å²) in [5.74, 6) is -0.316. The minimum absolute atomic E-state index is 0.268. The standard InChI is InChI=1S/C19H24N2O4/c1-6-15-17(13(5)25-21-15)19(23)24-10-16(22)20-18-12(4)8-7-9-14(18)11(2)3/h7-9,11H,6,10H2,1-5H3,(H,20,22). The first-order valence-electron chi connectivity index (χ1n) is 8.36.